The maximum Gasteiger partial charge on any atom is 0.407 e. The molecule has 3 rings (SSSR count). The zero-order valence-electron chi connectivity index (χ0n) is 20.0. The average molecular weight is 522 g/mol. The largest absolute Gasteiger partial charge is 0.453 e. The lowest BCUT2D eigenvalue weighted by molar-refractivity contribution is 0.168. The number of nitrogens with one attached hydrogen (secondary N) is 3. The van der Waals surface area contributed by atoms with Gasteiger partial charge >= 0.3 is 6.09 Å². The highest BCUT2D eigenvalue weighted by molar-refractivity contribution is 7.92. The lowest BCUT2D eigenvalue weighted by atomic mass is 10.1. The molecule has 1 unspecified atom stereocenters. The first kappa shape index (κ1) is 26.2. The molecule has 0 radical (unpaired) electrons. The van der Waals surface area contributed by atoms with Crippen molar-refractivity contribution in [1.82, 2.24) is 25.1 Å². The number of methoxy groups -OCH3 is 1. The van der Waals surface area contributed by atoms with E-state index in [-0.39, 0.29) is 12.1 Å². The highest BCUT2D eigenvalue weighted by atomic mass is 35.5. The van der Waals surface area contributed by atoms with Crippen LogP contribution in [0.4, 0.5) is 16.4 Å². The minimum atomic E-state index is -3.49. The summed E-state index contributed by atoms with van der Waals surface area (Å²) in [6.45, 7) is 6.20. The third kappa shape index (κ3) is 7.30. The first-order valence-corrected chi connectivity index (χ1v) is 13.0. The van der Waals surface area contributed by atoms with E-state index in [1.807, 2.05) is 27.0 Å². The molecule has 0 aliphatic carbocycles. The second kappa shape index (κ2) is 10.9. The average Bonchev–Trinajstić information content (AvgIpc) is 3.22. The Hall–Kier alpha value is -3.38. The summed E-state index contributed by atoms with van der Waals surface area (Å²) < 4.78 is 32.3. The number of aromatic nitrogens is 4. The van der Waals surface area contributed by atoms with Crippen molar-refractivity contribution in [2.45, 2.75) is 32.9 Å². The summed E-state index contributed by atoms with van der Waals surface area (Å²) in [6.07, 6.45) is 4.04. The smallest absolute Gasteiger partial charge is 0.407 e. The fourth-order valence-corrected chi connectivity index (χ4v) is 3.99. The number of nitrogens with zero attached hydrogens (tertiary/aromatic N) is 4. The molecule has 1 aromatic carbocycles. The van der Waals surface area contributed by atoms with Gasteiger partial charge in [0.2, 0.25) is 16.0 Å². The van der Waals surface area contributed by atoms with Gasteiger partial charge in [-0.25, -0.2) is 23.2 Å². The van der Waals surface area contributed by atoms with E-state index in [1.54, 1.807) is 29.1 Å². The second-order valence-electron chi connectivity index (χ2n) is 8.25. The van der Waals surface area contributed by atoms with Gasteiger partial charge in [0.05, 0.1) is 24.7 Å². The number of hydrogen-bond acceptors (Lipinski definition) is 8. The standard InChI is InChI=1S/C22H28ClN7O4S/c1-13(2)30-12-18(19-6-7-24-21(27-19)25-11-14(3)26-22(31)34-4)20(28-30)15-8-16(23)10-17(9-15)29-35(5,32)33/h6-10,12-14,29H,11H2,1-5H3,(H,26,31)(H,24,25,27). The van der Waals surface area contributed by atoms with E-state index >= 15 is 0 Å². The molecule has 0 saturated carbocycles. The van der Waals surface area contributed by atoms with Crippen molar-refractivity contribution in [3.63, 3.8) is 0 Å². The third-order valence-electron chi connectivity index (χ3n) is 4.78. The minimum Gasteiger partial charge on any atom is -0.453 e. The number of ether oxygens (including phenoxy) is 1. The fourth-order valence-electron chi connectivity index (χ4n) is 3.21. The van der Waals surface area contributed by atoms with Gasteiger partial charge in [-0.15, -0.1) is 0 Å². The van der Waals surface area contributed by atoms with Gasteiger partial charge in [0.1, 0.15) is 5.69 Å². The van der Waals surface area contributed by atoms with Gasteiger partial charge in [-0.2, -0.15) is 5.10 Å². The first-order valence-electron chi connectivity index (χ1n) is 10.7. The molecule has 0 aliphatic heterocycles. The Labute approximate surface area is 209 Å². The SMILES string of the molecule is COC(=O)NC(C)CNc1nccc(-c2cn(C(C)C)nc2-c2cc(Cl)cc(NS(C)(=O)=O)c2)n1. The van der Waals surface area contributed by atoms with Gasteiger partial charge in [-0.3, -0.25) is 9.40 Å². The molecule has 3 N–H and O–H groups in total. The van der Waals surface area contributed by atoms with Gasteiger partial charge in [0.25, 0.3) is 0 Å². The van der Waals surface area contributed by atoms with Crippen molar-refractivity contribution < 1.29 is 17.9 Å². The van der Waals surface area contributed by atoms with Crippen LogP contribution in [0.5, 0.6) is 0 Å². The van der Waals surface area contributed by atoms with E-state index in [2.05, 4.69) is 30.1 Å². The van der Waals surface area contributed by atoms with Gasteiger partial charge in [0.15, 0.2) is 0 Å². The molecule has 188 valence electrons. The number of hydrogen-bond donors (Lipinski definition) is 3. The van der Waals surface area contributed by atoms with Crippen LogP contribution in [-0.4, -0.2) is 60.2 Å². The number of halogens is 1. The van der Waals surface area contributed by atoms with Crippen LogP contribution in [-0.2, 0) is 14.8 Å². The number of rotatable bonds is 9. The van der Waals surface area contributed by atoms with Crippen LogP contribution in [0.15, 0.2) is 36.7 Å². The molecule has 0 spiro atoms. The monoisotopic (exact) mass is 521 g/mol. The third-order valence-corrected chi connectivity index (χ3v) is 5.61. The Bertz CT molecular complexity index is 1310. The van der Waals surface area contributed by atoms with E-state index in [0.29, 0.717) is 40.2 Å². The number of sulfonamides is 1. The van der Waals surface area contributed by atoms with Crippen molar-refractivity contribution in [2.24, 2.45) is 0 Å². The Morgan fingerprint density at radius 1 is 1.23 bits per heavy atom. The molecule has 13 heteroatoms. The zero-order valence-corrected chi connectivity index (χ0v) is 21.6. The van der Waals surface area contributed by atoms with Crippen LogP contribution in [0.25, 0.3) is 22.5 Å². The maximum atomic E-state index is 11.7. The van der Waals surface area contributed by atoms with Crippen molar-refractivity contribution in [3.05, 3.63) is 41.7 Å². The summed E-state index contributed by atoms with van der Waals surface area (Å²) in [5, 5.41) is 10.8. The lowest BCUT2D eigenvalue weighted by Gasteiger charge is -2.14. The molecular formula is C22H28ClN7O4S. The predicted octanol–water partition coefficient (Wildman–Crippen LogP) is 3.77. The summed E-state index contributed by atoms with van der Waals surface area (Å²) in [5.74, 6) is 0.370. The van der Waals surface area contributed by atoms with E-state index in [4.69, 9.17) is 16.7 Å². The quantitative estimate of drug-likeness (QED) is 0.386. The molecule has 0 aliphatic rings. The number of amides is 1. The first-order chi connectivity index (χ1) is 16.4. The maximum absolute atomic E-state index is 11.7. The van der Waals surface area contributed by atoms with E-state index in [1.165, 1.54) is 13.2 Å². The number of alkyl carbamates (subject to hydrolysis) is 1. The normalized spacial score (nSPS) is 12.3. The highest BCUT2D eigenvalue weighted by Gasteiger charge is 2.18. The van der Waals surface area contributed by atoms with Gasteiger partial charge in [0, 0.05) is 47.2 Å². The molecule has 0 saturated heterocycles. The molecule has 1 atom stereocenters. The molecule has 3 aromatic rings. The van der Waals surface area contributed by atoms with Gasteiger partial charge in [-0.05, 0) is 45.0 Å². The summed E-state index contributed by atoms with van der Waals surface area (Å²) in [4.78, 5) is 20.2. The molecule has 2 aromatic heterocycles. The van der Waals surface area contributed by atoms with Crippen LogP contribution < -0.4 is 15.4 Å². The Morgan fingerprint density at radius 2 is 1.97 bits per heavy atom. The number of anilines is 2. The summed E-state index contributed by atoms with van der Waals surface area (Å²) in [7, 11) is -2.19. The summed E-state index contributed by atoms with van der Waals surface area (Å²) >= 11 is 6.30. The zero-order chi connectivity index (χ0) is 25.8. The molecule has 11 nitrogen and oxygen atoms in total. The molecule has 0 fully saturated rings. The minimum absolute atomic E-state index is 0.0694. The van der Waals surface area contributed by atoms with E-state index in [0.717, 1.165) is 11.8 Å². The molecule has 35 heavy (non-hydrogen) atoms. The van der Waals surface area contributed by atoms with Crippen LogP contribution >= 0.6 is 11.6 Å². The highest BCUT2D eigenvalue weighted by Crippen LogP contribution is 2.34. The van der Waals surface area contributed by atoms with Crippen LogP contribution in [0.2, 0.25) is 5.02 Å². The summed E-state index contributed by atoms with van der Waals surface area (Å²) in [6, 6.07) is 6.52. The van der Waals surface area contributed by atoms with E-state index in [9.17, 15) is 13.2 Å². The molecule has 2 heterocycles. The predicted molar refractivity (Wildman–Crippen MR) is 136 cm³/mol. The topological polar surface area (TPSA) is 140 Å². The Kier molecular flexibility index (Phi) is 8.18. The van der Waals surface area contributed by atoms with Crippen LogP contribution in [0.3, 0.4) is 0 Å². The molecular weight excluding hydrogens is 494 g/mol. The number of carbonyl (C=O) groups is 1. The molecule has 1 amide bonds. The van der Waals surface area contributed by atoms with Gasteiger partial charge < -0.3 is 15.4 Å². The molecule has 0 bridgehead atoms. The number of benzene rings is 1. The van der Waals surface area contributed by atoms with Crippen LogP contribution in [0.1, 0.15) is 26.8 Å². The second-order valence-corrected chi connectivity index (χ2v) is 10.4. The van der Waals surface area contributed by atoms with Crippen LogP contribution in [0, 0.1) is 0 Å². The van der Waals surface area contributed by atoms with Crippen molar-refractivity contribution in [2.75, 3.05) is 29.9 Å². The van der Waals surface area contributed by atoms with E-state index < -0.39 is 16.1 Å². The summed E-state index contributed by atoms with van der Waals surface area (Å²) in [5.41, 5.74) is 2.87. The number of carbonyl (C=O) groups excluding carboxylic acids is 1. The Balaban J connectivity index is 1.97. The van der Waals surface area contributed by atoms with Crippen molar-refractivity contribution >= 4 is 39.4 Å². The van der Waals surface area contributed by atoms with Crippen molar-refractivity contribution in [3.8, 4) is 22.5 Å². The fraction of sp³-hybridized carbons (Fsp3) is 0.364. The lowest BCUT2D eigenvalue weighted by Crippen LogP contribution is -2.37. The van der Waals surface area contributed by atoms with Gasteiger partial charge in [-0.1, -0.05) is 11.6 Å². The van der Waals surface area contributed by atoms with Crippen molar-refractivity contribution in [1.29, 1.82) is 0 Å². The Morgan fingerprint density at radius 3 is 2.63 bits per heavy atom.